The van der Waals surface area contributed by atoms with E-state index >= 15 is 0 Å². The zero-order chi connectivity index (χ0) is 11.4. The molecule has 0 amide bonds. The Bertz CT molecular complexity index is 468. The van der Waals surface area contributed by atoms with E-state index in [0.717, 1.165) is 22.7 Å². The SMILES string of the molecule is COc1cccc(-c2ccc(CN)nn2)c1. The molecule has 0 saturated carbocycles. The van der Waals surface area contributed by atoms with Crippen molar-refractivity contribution in [3.63, 3.8) is 0 Å². The summed E-state index contributed by atoms with van der Waals surface area (Å²) in [5.74, 6) is 0.808. The van der Waals surface area contributed by atoms with Gasteiger partial charge in [-0.1, -0.05) is 12.1 Å². The van der Waals surface area contributed by atoms with Gasteiger partial charge in [0.1, 0.15) is 5.75 Å². The fraction of sp³-hybridized carbons (Fsp3) is 0.167. The summed E-state index contributed by atoms with van der Waals surface area (Å²) in [5, 5.41) is 8.12. The lowest BCUT2D eigenvalue weighted by Crippen LogP contribution is -2.01. The van der Waals surface area contributed by atoms with Crippen molar-refractivity contribution in [2.24, 2.45) is 5.73 Å². The van der Waals surface area contributed by atoms with Crippen LogP contribution in [0.25, 0.3) is 11.3 Å². The lowest BCUT2D eigenvalue weighted by molar-refractivity contribution is 0.415. The summed E-state index contributed by atoms with van der Waals surface area (Å²) < 4.78 is 5.15. The molecule has 82 valence electrons. The molecule has 16 heavy (non-hydrogen) atoms. The van der Waals surface area contributed by atoms with Crippen LogP contribution in [0, 0.1) is 0 Å². The minimum absolute atomic E-state index is 0.408. The van der Waals surface area contributed by atoms with Crippen LogP contribution in [0.15, 0.2) is 36.4 Å². The summed E-state index contributed by atoms with van der Waals surface area (Å²) in [6.45, 7) is 0.408. The van der Waals surface area contributed by atoms with Crippen molar-refractivity contribution in [2.75, 3.05) is 7.11 Å². The van der Waals surface area contributed by atoms with Gasteiger partial charge >= 0.3 is 0 Å². The van der Waals surface area contributed by atoms with Crippen LogP contribution < -0.4 is 10.5 Å². The molecule has 1 aromatic heterocycles. The Labute approximate surface area is 94.1 Å². The number of hydrogen-bond acceptors (Lipinski definition) is 4. The Kier molecular flexibility index (Phi) is 3.12. The van der Waals surface area contributed by atoms with Gasteiger partial charge in [-0.15, -0.1) is 0 Å². The summed E-state index contributed by atoms with van der Waals surface area (Å²) in [6, 6.07) is 11.5. The van der Waals surface area contributed by atoms with E-state index in [9.17, 15) is 0 Å². The monoisotopic (exact) mass is 215 g/mol. The first-order valence-corrected chi connectivity index (χ1v) is 5.00. The molecule has 0 radical (unpaired) electrons. The van der Waals surface area contributed by atoms with Crippen molar-refractivity contribution < 1.29 is 4.74 Å². The highest BCUT2D eigenvalue weighted by Gasteiger charge is 2.01. The summed E-state index contributed by atoms with van der Waals surface area (Å²) >= 11 is 0. The van der Waals surface area contributed by atoms with Crippen LogP contribution in [0.2, 0.25) is 0 Å². The number of rotatable bonds is 3. The second kappa shape index (κ2) is 4.72. The van der Waals surface area contributed by atoms with E-state index in [2.05, 4.69) is 10.2 Å². The second-order valence-electron chi connectivity index (χ2n) is 3.35. The maximum Gasteiger partial charge on any atom is 0.119 e. The van der Waals surface area contributed by atoms with E-state index in [1.165, 1.54) is 0 Å². The van der Waals surface area contributed by atoms with Gasteiger partial charge in [0.05, 0.1) is 18.5 Å². The molecular formula is C12H13N3O. The third kappa shape index (κ3) is 2.17. The number of ether oxygens (including phenoxy) is 1. The van der Waals surface area contributed by atoms with Crippen LogP contribution in [-0.2, 0) is 6.54 Å². The van der Waals surface area contributed by atoms with Crippen LogP contribution in [0.5, 0.6) is 5.75 Å². The van der Waals surface area contributed by atoms with Crippen LogP contribution >= 0.6 is 0 Å². The summed E-state index contributed by atoms with van der Waals surface area (Å²) in [4.78, 5) is 0. The minimum atomic E-state index is 0.408. The maximum absolute atomic E-state index is 5.46. The smallest absolute Gasteiger partial charge is 0.119 e. The Hall–Kier alpha value is -1.94. The van der Waals surface area contributed by atoms with E-state index in [-0.39, 0.29) is 0 Å². The topological polar surface area (TPSA) is 61.0 Å². The average molecular weight is 215 g/mol. The van der Waals surface area contributed by atoms with Gasteiger partial charge in [-0.25, -0.2) is 0 Å². The summed E-state index contributed by atoms with van der Waals surface area (Å²) in [5.41, 5.74) is 8.04. The van der Waals surface area contributed by atoms with Crippen LogP contribution in [-0.4, -0.2) is 17.3 Å². The normalized spacial score (nSPS) is 10.1. The highest BCUT2D eigenvalue weighted by molar-refractivity contribution is 5.60. The van der Waals surface area contributed by atoms with Crippen molar-refractivity contribution in [2.45, 2.75) is 6.54 Å². The molecule has 0 bridgehead atoms. The quantitative estimate of drug-likeness (QED) is 0.845. The lowest BCUT2D eigenvalue weighted by atomic mass is 10.1. The number of benzene rings is 1. The molecule has 2 rings (SSSR count). The largest absolute Gasteiger partial charge is 0.497 e. The minimum Gasteiger partial charge on any atom is -0.497 e. The summed E-state index contributed by atoms with van der Waals surface area (Å²) in [6.07, 6.45) is 0. The maximum atomic E-state index is 5.46. The van der Waals surface area contributed by atoms with Gasteiger partial charge in [-0.2, -0.15) is 10.2 Å². The van der Waals surface area contributed by atoms with Crippen molar-refractivity contribution in [1.82, 2.24) is 10.2 Å². The average Bonchev–Trinajstić information content (AvgIpc) is 2.39. The number of methoxy groups -OCH3 is 1. The fourth-order valence-electron chi connectivity index (χ4n) is 1.41. The van der Waals surface area contributed by atoms with Gasteiger partial charge in [0.25, 0.3) is 0 Å². The van der Waals surface area contributed by atoms with Gasteiger partial charge in [0.2, 0.25) is 0 Å². The van der Waals surface area contributed by atoms with Crippen molar-refractivity contribution in [3.8, 4) is 17.0 Å². The molecule has 2 aromatic rings. The predicted molar refractivity (Wildman–Crippen MR) is 61.9 cm³/mol. The molecule has 0 spiro atoms. The number of nitrogens with two attached hydrogens (primary N) is 1. The van der Waals surface area contributed by atoms with Crippen molar-refractivity contribution in [1.29, 1.82) is 0 Å². The Balaban J connectivity index is 2.34. The molecule has 0 atom stereocenters. The van der Waals surface area contributed by atoms with Crippen LogP contribution in [0.1, 0.15) is 5.69 Å². The lowest BCUT2D eigenvalue weighted by Gasteiger charge is -2.03. The standard InChI is InChI=1S/C12H13N3O/c1-16-11-4-2-3-9(7-11)12-6-5-10(8-13)14-15-12/h2-7H,8,13H2,1H3. The second-order valence-corrected chi connectivity index (χ2v) is 3.35. The van der Waals surface area contributed by atoms with E-state index in [4.69, 9.17) is 10.5 Å². The molecule has 2 N–H and O–H groups in total. The van der Waals surface area contributed by atoms with Gasteiger partial charge in [0, 0.05) is 12.1 Å². The zero-order valence-corrected chi connectivity index (χ0v) is 9.05. The highest BCUT2D eigenvalue weighted by Crippen LogP contribution is 2.21. The molecule has 1 aromatic carbocycles. The molecule has 0 fully saturated rings. The van der Waals surface area contributed by atoms with Gasteiger partial charge in [-0.3, -0.25) is 0 Å². The first-order chi connectivity index (χ1) is 7.83. The van der Waals surface area contributed by atoms with E-state index in [1.807, 2.05) is 36.4 Å². The molecule has 0 aliphatic rings. The number of nitrogens with zero attached hydrogens (tertiary/aromatic N) is 2. The number of aromatic nitrogens is 2. The zero-order valence-electron chi connectivity index (χ0n) is 9.05. The first kappa shape index (κ1) is 10.6. The van der Waals surface area contributed by atoms with Gasteiger partial charge in [0.15, 0.2) is 0 Å². The van der Waals surface area contributed by atoms with Crippen molar-refractivity contribution >= 4 is 0 Å². The highest BCUT2D eigenvalue weighted by atomic mass is 16.5. The Morgan fingerprint density at radius 3 is 2.69 bits per heavy atom. The van der Waals surface area contributed by atoms with Crippen molar-refractivity contribution in [3.05, 3.63) is 42.1 Å². The first-order valence-electron chi connectivity index (χ1n) is 5.00. The fourth-order valence-corrected chi connectivity index (χ4v) is 1.41. The molecule has 0 saturated heterocycles. The third-order valence-corrected chi connectivity index (χ3v) is 2.29. The van der Waals surface area contributed by atoms with E-state index in [0.29, 0.717) is 6.54 Å². The van der Waals surface area contributed by atoms with E-state index < -0.39 is 0 Å². The van der Waals surface area contributed by atoms with Crippen LogP contribution in [0.3, 0.4) is 0 Å². The third-order valence-electron chi connectivity index (χ3n) is 2.29. The van der Waals surface area contributed by atoms with Gasteiger partial charge in [-0.05, 0) is 24.3 Å². The molecular weight excluding hydrogens is 202 g/mol. The van der Waals surface area contributed by atoms with Crippen LogP contribution in [0.4, 0.5) is 0 Å². The Morgan fingerprint density at radius 1 is 1.19 bits per heavy atom. The molecule has 4 nitrogen and oxygen atoms in total. The Morgan fingerprint density at radius 2 is 2.06 bits per heavy atom. The molecule has 1 heterocycles. The molecule has 0 aliphatic carbocycles. The number of hydrogen-bond donors (Lipinski definition) is 1. The van der Waals surface area contributed by atoms with E-state index in [1.54, 1.807) is 7.11 Å². The predicted octanol–water partition coefficient (Wildman–Crippen LogP) is 1.61. The van der Waals surface area contributed by atoms with Gasteiger partial charge < -0.3 is 10.5 Å². The molecule has 0 aliphatic heterocycles. The molecule has 4 heteroatoms. The molecule has 0 unspecified atom stereocenters. The summed E-state index contributed by atoms with van der Waals surface area (Å²) in [7, 11) is 1.64.